The summed E-state index contributed by atoms with van der Waals surface area (Å²) in [6, 6.07) is 21.5. The van der Waals surface area contributed by atoms with Crippen LogP contribution in [0.3, 0.4) is 0 Å². The predicted octanol–water partition coefficient (Wildman–Crippen LogP) is -3.12. The summed E-state index contributed by atoms with van der Waals surface area (Å²) < 4.78 is 0. The molecule has 0 aliphatic rings. The average molecular weight is 618 g/mol. The molecule has 0 heterocycles. The number of rotatable bonds is 4. The molecule has 0 aliphatic carbocycles. The molecule has 0 unspecified atom stereocenters. The summed E-state index contributed by atoms with van der Waals surface area (Å²) in [6.07, 6.45) is 0. The van der Waals surface area contributed by atoms with Crippen LogP contribution in [0.1, 0.15) is 55.6 Å². The van der Waals surface area contributed by atoms with Gasteiger partial charge >= 0.3 is 21.7 Å². The molecule has 0 radical (unpaired) electrons. The van der Waals surface area contributed by atoms with Gasteiger partial charge < -0.3 is 37.2 Å². The summed E-state index contributed by atoms with van der Waals surface area (Å²) in [4.78, 5) is 0. The van der Waals surface area contributed by atoms with Crippen LogP contribution in [0.5, 0.6) is 0 Å². The molecule has 0 aromatic heterocycles. The van der Waals surface area contributed by atoms with Crippen molar-refractivity contribution in [2.24, 2.45) is 0 Å². The molecule has 38 heavy (non-hydrogen) atoms. The first-order valence-corrected chi connectivity index (χ1v) is 14.5. The van der Waals surface area contributed by atoms with Crippen molar-refractivity contribution in [2.75, 3.05) is 0 Å². The van der Waals surface area contributed by atoms with Gasteiger partial charge in [0, 0.05) is 0 Å². The van der Waals surface area contributed by atoms with Crippen molar-refractivity contribution in [1.82, 2.24) is 0 Å². The van der Waals surface area contributed by atoms with Gasteiger partial charge in [-0.3, -0.25) is 0 Å². The fourth-order valence-corrected chi connectivity index (χ4v) is 12.5. The van der Waals surface area contributed by atoms with E-state index in [1.807, 2.05) is 0 Å². The first-order valence-electron chi connectivity index (χ1n) is 12.5. The SMILES string of the molecule is Cc1cc(C)cc([Si](c2cc(C)ccc2C)(c2cc(C)ccc2C)[c-]2c(C)c(C)c(C)c2C)c1.[Cl-].[Cl-].[Cl-].[Ti+4]. The molecule has 0 aliphatic heterocycles. The standard InChI is InChI=1S/C33H39Si.3ClH.Ti/c1-20-11-13-24(5)31(18-20)34(30-16-22(3)15-23(4)17-30,32-19-21(2)12-14-25(32)6)33-28(9)26(7)27(8)29(33)10;;;;/h11-19H,1-10H3;3*1H;/q-1;;;;+4/p-3. The molecule has 0 bridgehead atoms. The molecule has 0 fully saturated rings. The van der Waals surface area contributed by atoms with E-state index in [1.165, 1.54) is 71.2 Å². The van der Waals surface area contributed by atoms with Gasteiger partial charge in [-0.15, -0.1) is 5.19 Å². The van der Waals surface area contributed by atoms with Gasteiger partial charge in [-0.2, -0.15) is 22.3 Å². The molecule has 4 rings (SSSR count). The van der Waals surface area contributed by atoms with Crippen LogP contribution >= 0.6 is 0 Å². The van der Waals surface area contributed by atoms with Crippen molar-refractivity contribution in [3.05, 3.63) is 110 Å². The van der Waals surface area contributed by atoms with E-state index in [1.54, 1.807) is 5.19 Å². The van der Waals surface area contributed by atoms with Crippen molar-refractivity contribution in [3.8, 4) is 0 Å². The van der Waals surface area contributed by atoms with Crippen LogP contribution in [0.2, 0.25) is 0 Å². The second-order valence-electron chi connectivity index (χ2n) is 10.6. The maximum Gasteiger partial charge on any atom is 4.00 e. The summed E-state index contributed by atoms with van der Waals surface area (Å²) >= 11 is 0. The first-order chi connectivity index (χ1) is 16.0. The molecule has 0 nitrogen and oxygen atoms in total. The number of aryl methyl sites for hydroxylation is 6. The second kappa shape index (κ2) is 13.9. The zero-order valence-electron chi connectivity index (χ0n) is 24.3. The van der Waals surface area contributed by atoms with E-state index in [-0.39, 0.29) is 58.9 Å². The van der Waals surface area contributed by atoms with E-state index in [0.29, 0.717) is 0 Å². The minimum absolute atomic E-state index is 0. The number of hydrogen-bond donors (Lipinski definition) is 0. The number of benzene rings is 3. The monoisotopic (exact) mass is 616 g/mol. The van der Waals surface area contributed by atoms with Crippen LogP contribution in [-0.2, 0) is 21.7 Å². The smallest absolute Gasteiger partial charge is 1.00 e. The van der Waals surface area contributed by atoms with E-state index < -0.39 is 8.07 Å². The third-order valence-corrected chi connectivity index (χ3v) is 13.4. The van der Waals surface area contributed by atoms with Gasteiger partial charge in [-0.1, -0.05) is 131 Å². The molecule has 0 spiro atoms. The Morgan fingerprint density at radius 2 is 0.842 bits per heavy atom. The Hall–Kier alpha value is -1.19. The zero-order chi connectivity index (χ0) is 24.9. The summed E-state index contributed by atoms with van der Waals surface area (Å²) in [5.74, 6) is 0. The van der Waals surface area contributed by atoms with E-state index >= 15 is 0 Å². The van der Waals surface area contributed by atoms with Gasteiger partial charge in [0.1, 0.15) is 8.07 Å². The van der Waals surface area contributed by atoms with Crippen LogP contribution in [0.25, 0.3) is 0 Å². The molecule has 5 heteroatoms. The fraction of sp³-hybridized carbons (Fsp3) is 0.303. The average Bonchev–Trinajstić information content (AvgIpc) is 2.96. The largest absolute Gasteiger partial charge is 4.00 e. The fourth-order valence-electron chi connectivity index (χ4n) is 6.12. The molecule has 4 aromatic carbocycles. The maximum atomic E-state index is 2.50. The molecule has 0 saturated carbocycles. The van der Waals surface area contributed by atoms with Crippen molar-refractivity contribution < 1.29 is 58.9 Å². The third-order valence-electron chi connectivity index (χ3n) is 8.06. The Labute approximate surface area is 265 Å². The van der Waals surface area contributed by atoms with Crippen LogP contribution in [0.4, 0.5) is 0 Å². The van der Waals surface area contributed by atoms with Crippen LogP contribution < -0.4 is 58.0 Å². The van der Waals surface area contributed by atoms with Crippen LogP contribution in [0.15, 0.2) is 54.6 Å². The molecule has 0 N–H and O–H groups in total. The molecule has 0 saturated heterocycles. The third kappa shape index (κ3) is 6.09. The Bertz CT molecular complexity index is 1320. The summed E-state index contributed by atoms with van der Waals surface area (Å²) in [6.45, 7) is 23.0. The van der Waals surface area contributed by atoms with Crippen LogP contribution in [-0.4, -0.2) is 8.07 Å². The van der Waals surface area contributed by atoms with Crippen molar-refractivity contribution in [3.63, 3.8) is 0 Å². The Morgan fingerprint density at radius 3 is 1.21 bits per heavy atom. The van der Waals surface area contributed by atoms with E-state index in [9.17, 15) is 0 Å². The zero-order valence-corrected chi connectivity index (χ0v) is 29.2. The minimum Gasteiger partial charge on any atom is -1.00 e. The van der Waals surface area contributed by atoms with E-state index in [0.717, 1.165) is 0 Å². The molecule has 0 amide bonds. The molecule has 4 aromatic rings. The van der Waals surface area contributed by atoms with Gasteiger partial charge in [0.2, 0.25) is 0 Å². The predicted molar refractivity (Wildman–Crippen MR) is 153 cm³/mol. The van der Waals surface area contributed by atoms with Gasteiger partial charge in [-0.05, 0) is 41.5 Å². The van der Waals surface area contributed by atoms with Crippen molar-refractivity contribution in [1.29, 1.82) is 0 Å². The first kappa shape index (κ1) is 36.8. The summed E-state index contributed by atoms with van der Waals surface area (Å²) in [5, 5.41) is 6.16. The quantitative estimate of drug-likeness (QED) is 0.129. The van der Waals surface area contributed by atoms with Crippen LogP contribution in [0, 0.1) is 69.2 Å². The van der Waals surface area contributed by atoms with E-state index in [2.05, 4.69) is 124 Å². The maximum absolute atomic E-state index is 2.61. The molecule has 0 atom stereocenters. The van der Waals surface area contributed by atoms with Crippen molar-refractivity contribution >= 4 is 28.8 Å². The van der Waals surface area contributed by atoms with E-state index in [4.69, 9.17) is 0 Å². The minimum atomic E-state index is -2.61. The Kier molecular flexibility index (Phi) is 13.5. The molecular formula is C33H39Cl3SiTi. The summed E-state index contributed by atoms with van der Waals surface area (Å²) in [7, 11) is -2.61. The topological polar surface area (TPSA) is 0 Å². The Morgan fingerprint density at radius 1 is 0.474 bits per heavy atom. The van der Waals surface area contributed by atoms with Crippen molar-refractivity contribution in [2.45, 2.75) is 69.2 Å². The second-order valence-corrected chi connectivity index (χ2v) is 14.3. The Balaban J connectivity index is 0.00000342. The van der Waals surface area contributed by atoms with Gasteiger partial charge in [0.25, 0.3) is 0 Å². The molecule has 200 valence electrons. The van der Waals surface area contributed by atoms with Gasteiger partial charge in [-0.25, -0.2) is 0 Å². The summed E-state index contributed by atoms with van der Waals surface area (Å²) in [5.41, 5.74) is 14.0. The number of hydrogen-bond acceptors (Lipinski definition) is 0. The molecular weight excluding hydrogens is 579 g/mol. The number of halogens is 3. The normalized spacial score (nSPS) is 10.6. The van der Waals surface area contributed by atoms with Gasteiger partial charge in [0.05, 0.1) is 0 Å². The van der Waals surface area contributed by atoms with Gasteiger partial charge in [0.15, 0.2) is 0 Å².